The van der Waals surface area contributed by atoms with E-state index in [0.717, 1.165) is 32.3 Å². The van der Waals surface area contributed by atoms with Gasteiger partial charge >= 0.3 is 0 Å². The van der Waals surface area contributed by atoms with Gasteiger partial charge in [-0.15, -0.1) is 0 Å². The third kappa shape index (κ3) is 3.26. The van der Waals surface area contributed by atoms with Gasteiger partial charge in [0.25, 0.3) is 0 Å². The van der Waals surface area contributed by atoms with E-state index in [1.54, 1.807) is 18.5 Å². The summed E-state index contributed by atoms with van der Waals surface area (Å²) in [5, 5.41) is 15.0. The Morgan fingerprint density at radius 3 is 2.42 bits per heavy atom. The number of phenolic OH excluding ortho intramolecular Hbond substituents is 1. The number of nitrogens with one attached hydrogen (secondary N) is 1. The Hall–Kier alpha value is -2.92. The average Bonchev–Trinajstić information content (AvgIpc) is 2.68. The monoisotopic (exact) mass is 405 g/mol. The van der Waals surface area contributed by atoms with Crippen LogP contribution in [-0.4, -0.2) is 15.1 Å². The van der Waals surface area contributed by atoms with Crippen LogP contribution in [0.2, 0.25) is 0 Å². The molecule has 0 fully saturated rings. The van der Waals surface area contributed by atoms with Crippen LogP contribution in [0.3, 0.4) is 0 Å². The van der Waals surface area contributed by atoms with Gasteiger partial charge in [-0.05, 0) is 48.0 Å². The van der Waals surface area contributed by atoms with Gasteiger partial charge in [0.1, 0.15) is 11.6 Å². The molecule has 2 heterocycles. The number of halogens is 1. The number of aromatic nitrogens is 2. The largest absolute Gasteiger partial charge is 0.508 e. The first-order chi connectivity index (χ1) is 12.7. The van der Waals surface area contributed by atoms with E-state index >= 15 is 0 Å². The second-order valence-electron chi connectivity index (χ2n) is 5.91. The van der Waals surface area contributed by atoms with E-state index in [4.69, 9.17) is 0 Å². The van der Waals surface area contributed by atoms with Gasteiger partial charge in [-0.1, -0.05) is 40.2 Å². The number of phenols is 1. The first-order valence-electron chi connectivity index (χ1n) is 8.22. The van der Waals surface area contributed by atoms with Crippen LogP contribution in [0.25, 0.3) is 10.9 Å². The molecule has 0 spiro atoms. The zero-order valence-corrected chi connectivity index (χ0v) is 15.4. The van der Waals surface area contributed by atoms with Gasteiger partial charge in [0.15, 0.2) is 0 Å². The number of hydrogen-bond acceptors (Lipinski definition) is 4. The zero-order chi connectivity index (χ0) is 17.9. The molecular formula is C21H16BrN3O. The lowest BCUT2D eigenvalue weighted by Gasteiger charge is -2.23. The summed E-state index contributed by atoms with van der Waals surface area (Å²) in [4.78, 5) is 8.80. The summed E-state index contributed by atoms with van der Waals surface area (Å²) in [6.07, 6.45) is 3.50. The molecule has 5 heteroatoms. The molecule has 0 amide bonds. The predicted octanol–water partition coefficient (Wildman–Crippen LogP) is 5.30. The van der Waals surface area contributed by atoms with Gasteiger partial charge in [-0.2, -0.15) is 0 Å². The maximum Gasteiger partial charge on any atom is 0.126 e. The third-order valence-corrected chi connectivity index (χ3v) is 4.78. The van der Waals surface area contributed by atoms with Crippen molar-refractivity contribution in [3.05, 3.63) is 94.7 Å². The molecule has 4 aromatic rings. The first-order valence-corrected chi connectivity index (χ1v) is 9.01. The molecule has 0 bridgehead atoms. The van der Waals surface area contributed by atoms with Crippen molar-refractivity contribution in [2.45, 2.75) is 6.04 Å². The van der Waals surface area contributed by atoms with Gasteiger partial charge < -0.3 is 10.4 Å². The minimum atomic E-state index is -0.272. The molecule has 1 atom stereocenters. The van der Waals surface area contributed by atoms with Crippen molar-refractivity contribution in [3.63, 3.8) is 0 Å². The van der Waals surface area contributed by atoms with Crippen LogP contribution in [0.15, 0.2) is 83.6 Å². The van der Waals surface area contributed by atoms with E-state index in [-0.39, 0.29) is 11.8 Å². The maximum absolute atomic E-state index is 10.7. The molecule has 128 valence electrons. The van der Waals surface area contributed by atoms with Gasteiger partial charge in [0.05, 0.1) is 11.6 Å². The fraction of sp³-hybridized carbons (Fsp3) is 0.0476. The fourth-order valence-corrected chi connectivity index (χ4v) is 3.30. The van der Waals surface area contributed by atoms with Gasteiger partial charge in [-0.3, -0.25) is 4.98 Å². The van der Waals surface area contributed by atoms with Crippen LogP contribution in [-0.2, 0) is 0 Å². The predicted molar refractivity (Wildman–Crippen MR) is 107 cm³/mol. The lowest BCUT2D eigenvalue weighted by atomic mass is 9.94. The SMILES string of the molecule is Oc1ccc2ncccc2c1C(Nc1ccccn1)c1ccc(Br)cc1. The Morgan fingerprint density at radius 2 is 1.65 bits per heavy atom. The molecule has 0 saturated carbocycles. The van der Waals surface area contributed by atoms with E-state index in [9.17, 15) is 5.11 Å². The van der Waals surface area contributed by atoms with Crippen molar-refractivity contribution < 1.29 is 5.11 Å². The Labute approximate surface area is 159 Å². The molecule has 1 unspecified atom stereocenters. The lowest BCUT2D eigenvalue weighted by molar-refractivity contribution is 0.468. The highest BCUT2D eigenvalue weighted by atomic mass is 79.9. The zero-order valence-electron chi connectivity index (χ0n) is 13.8. The van der Waals surface area contributed by atoms with Crippen molar-refractivity contribution in [1.29, 1.82) is 0 Å². The number of nitrogens with zero attached hydrogens (tertiary/aromatic N) is 2. The number of aromatic hydroxyl groups is 1. The summed E-state index contributed by atoms with van der Waals surface area (Å²) in [6.45, 7) is 0. The van der Waals surface area contributed by atoms with E-state index in [2.05, 4.69) is 31.2 Å². The minimum absolute atomic E-state index is 0.224. The summed E-state index contributed by atoms with van der Waals surface area (Å²) in [5.41, 5.74) is 2.64. The summed E-state index contributed by atoms with van der Waals surface area (Å²) < 4.78 is 1.00. The lowest BCUT2D eigenvalue weighted by Crippen LogP contribution is -2.14. The fourth-order valence-electron chi connectivity index (χ4n) is 3.04. The number of pyridine rings is 2. The maximum atomic E-state index is 10.7. The number of hydrogen-bond donors (Lipinski definition) is 2. The van der Waals surface area contributed by atoms with Crippen molar-refractivity contribution in [2.75, 3.05) is 5.32 Å². The van der Waals surface area contributed by atoms with Gasteiger partial charge in [0, 0.05) is 27.8 Å². The highest BCUT2D eigenvalue weighted by Crippen LogP contribution is 2.37. The van der Waals surface area contributed by atoms with E-state index < -0.39 is 0 Å². The second kappa shape index (κ2) is 7.14. The summed E-state index contributed by atoms with van der Waals surface area (Å²) in [6, 6.07) is 20.8. The smallest absolute Gasteiger partial charge is 0.126 e. The van der Waals surface area contributed by atoms with E-state index in [0.29, 0.717) is 0 Å². The molecule has 4 rings (SSSR count). The quantitative estimate of drug-likeness (QED) is 0.483. The molecule has 2 aromatic carbocycles. The summed E-state index contributed by atoms with van der Waals surface area (Å²) >= 11 is 3.48. The van der Waals surface area contributed by atoms with Crippen molar-refractivity contribution >= 4 is 32.7 Å². The average molecular weight is 406 g/mol. The molecule has 26 heavy (non-hydrogen) atoms. The second-order valence-corrected chi connectivity index (χ2v) is 6.83. The Kier molecular flexibility index (Phi) is 4.54. The van der Waals surface area contributed by atoms with Crippen LogP contribution in [0.1, 0.15) is 17.2 Å². The third-order valence-electron chi connectivity index (χ3n) is 4.25. The molecule has 0 radical (unpaired) electrons. The molecular weight excluding hydrogens is 390 g/mol. The molecule has 0 aliphatic rings. The molecule has 4 nitrogen and oxygen atoms in total. The first kappa shape index (κ1) is 16.5. The molecule has 0 aliphatic heterocycles. The number of fused-ring (bicyclic) bond motifs is 1. The molecule has 2 aromatic heterocycles. The van der Waals surface area contributed by atoms with Crippen LogP contribution < -0.4 is 5.32 Å². The summed E-state index contributed by atoms with van der Waals surface area (Å²) in [7, 11) is 0. The normalized spacial score (nSPS) is 12.0. The van der Waals surface area contributed by atoms with Crippen molar-refractivity contribution in [1.82, 2.24) is 9.97 Å². The standard InChI is InChI=1S/C21H16BrN3O/c22-15-8-6-14(7-9-15)21(25-19-5-1-2-12-24-19)20-16-4-3-13-23-17(16)10-11-18(20)26/h1-13,21,26H,(H,24,25). The van der Waals surface area contributed by atoms with Crippen LogP contribution in [0.4, 0.5) is 5.82 Å². The highest BCUT2D eigenvalue weighted by molar-refractivity contribution is 9.10. The van der Waals surface area contributed by atoms with Gasteiger partial charge in [-0.25, -0.2) is 4.98 Å². The topological polar surface area (TPSA) is 58.0 Å². The number of rotatable bonds is 4. The molecule has 0 saturated heterocycles. The van der Waals surface area contributed by atoms with Crippen LogP contribution in [0.5, 0.6) is 5.75 Å². The van der Waals surface area contributed by atoms with E-state index in [1.165, 1.54) is 0 Å². The summed E-state index contributed by atoms with van der Waals surface area (Å²) in [5.74, 6) is 0.961. The molecule has 0 aliphatic carbocycles. The number of anilines is 1. The van der Waals surface area contributed by atoms with Gasteiger partial charge in [0.2, 0.25) is 0 Å². The minimum Gasteiger partial charge on any atom is -0.508 e. The highest BCUT2D eigenvalue weighted by Gasteiger charge is 2.21. The van der Waals surface area contributed by atoms with Crippen molar-refractivity contribution in [3.8, 4) is 5.75 Å². The Bertz CT molecular complexity index is 1040. The molecule has 2 N–H and O–H groups in total. The van der Waals surface area contributed by atoms with Crippen LogP contribution >= 0.6 is 15.9 Å². The van der Waals surface area contributed by atoms with E-state index in [1.807, 2.05) is 60.7 Å². The van der Waals surface area contributed by atoms with Crippen LogP contribution in [0, 0.1) is 0 Å². The van der Waals surface area contributed by atoms with Crippen molar-refractivity contribution in [2.24, 2.45) is 0 Å². The Morgan fingerprint density at radius 1 is 0.846 bits per heavy atom. The Balaban J connectivity index is 1.91. The number of benzene rings is 2.